The minimum atomic E-state index is -0.309. The van der Waals surface area contributed by atoms with Gasteiger partial charge in [-0.3, -0.25) is 14.0 Å². The molecule has 124 valence electrons. The van der Waals surface area contributed by atoms with Crippen LogP contribution in [0.15, 0.2) is 18.3 Å². The highest BCUT2D eigenvalue weighted by Crippen LogP contribution is 2.18. The number of ether oxygens (including phenoxy) is 1. The lowest BCUT2D eigenvalue weighted by molar-refractivity contribution is -0.143. The first-order chi connectivity index (χ1) is 11.0. The molecule has 2 aromatic rings. The van der Waals surface area contributed by atoms with Crippen LogP contribution in [0.2, 0.25) is 5.02 Å². The highest BCUT2D eigenvalue weighted by atomic mass is 35.5. The van der Waals surface area contributed by atoms with Gasteiger partial charge in [-0.05, 0) is 32.9 Å². The number of halogens is 1. The third-order valence-corrected chi connectivity index (χ3v) is 3.74. The predicted octanol–water partition coefficient (Wildman–Crippen LogP) is 2.71. The van der Waals surface area contributed by atoms with Crippen molar-refractivity contribution in [2.75, 3.05) is 19.7 Å². The molecule has 7 heteroatoms. The summed E-state index contributed by atoms with van der Waals surface area (Å²) < 4.78 is 6.59. The summed E-state index contributed by atoms with van der Waals surface area (Å²) >= 11 is 6.02. The predicted molar refractivity (Wildman–Crippen MR) is 87.8 cm³/mol. The van der Waals surface area contributed by atoms with Gasteiger partial charge in [-0.25, -0.2) is 4.98 Å². The van der Waals surface area contributed by atoms with E-state index in [2.05, 4.69) is 4.98 Å². The van der Waals surface area contributed by atoms with Crippen LogP contribution < -0.4 is 0 Å². The molecule has 1 amide bonds. The number of aromatic nitrogens is 2. The average molecular weight is 338 g/mol. The van der Waals surface area contributed by atoms with Gasteiger partial charge in [0.1, 0.15) is 11.3 Å². The summed E-state index contributed by atoms with van der Waals surface area (Å²) in [5.41, 5.74) is 1.76. The van der Waals surface area contributed by atoms with Crippen molar-refractivity contribution in [2.24, 2.45) is 0 Å². The van der Waals surface area contributed by atoms with E-state index in [0.717, 1.165) is 0 Å². The normalized spacial score (nSPS) is 10.8. The van der Waals surface area contributed by atoms with Gasteiger partial charge in [-0.1, -0.05) is 11.6 Å². The molecule has 0 bridgehead atoms. The lowest BCUT2D eigenvalue weighted by Gasteiger charge is -2.20. The van der Waals surface area contributed by atoms with E-state index in [1.807, 2.05) is 6.92 Å². The van der Waals surface area contributed by atoms with Crippen molar-refractivity contribution in [3.05, 3.63) is 34.7 Å². The van der Waals surface area contributed by atoms with Crippen LogP contribution in [0.4, 0.5) is 0 Å². The maximum absolute atomic E-state index is 12.8. The van der Waals surface area contributed by atoms with Crippen molar-refractivity contribution in [2.45, 2.75) is 27.2 Å². The lowest BCUT2D eigenvalue weighted by Crippen LogP contribution is -2.34. The summed E-state index contributed by atoms with van der Waals surface area (Å²) in [6.07, 6.45) is 1.84. The Hall–Kier alpha value is -2.08. The van der Waals surface area contributed by atoms with E-state index in [-0.39, 0.29) is 18.3 Å². The number of pyridine rings is 1. The maximum Gasteiger partial charge on any atom is 0.307 e. The van der Waals surface area contributed by atoms with Crippen LogP contribution in [0.5, 0.6) is 0 Å². The van der Waals surface area contributed by atoms with Gasteiger partial charge in [0.2, 0.25) is 0 Å². The number of imidazole rings is 1. The SMILES string of the molecule is CCOC(=O)CCN(CC)C(=O)c1c(C)nc2ccc(Cl)cn12. The average Bonchev–Trinajstić information content (AvgIpc) is 2.83. The van der Waals surface area contributed by atoms with Gasteiger partial charge in [0.25, 0.3) is 5.91 Å². The second kappa shape index (κ2) is 7.46. The van der Waals surface area contributed by atoms with E-state index < -0.39 is 0 Å². The maximum atomic E-state index is 12.8. The molecule has 0 aromatic carbocycles. The van der Waals surface area contributed by atoms with Crippen LogP contribution in [0.1, 0.15) is 36.5 Å². The Labute approximate surface area is 140 Å². The van der Waals surface area contributed by atoms with E-state index in [1.165, 1.54) is 0 Å². The molecule has 0 saturated heterocycles. The van der Waals surface area contributed by atoms with E-state index >= 15 is 0 Å². The molecule has 0 atom stereocenters. The minimum absolute atomic E-state index is 0.171. The van der Waals surface area contributed by atoms with Gasteiger partial charge >= 0.3 is 5.97 Å². The van der Waals surface area contributed by atoms with Gasteiger partial charge in [-0.2, -0.15) is 0 Å². The molecule has 0 spiro atoms. The molecule has 6 nitrogen and oxygen atoms in total. The molecule has 0 aliphatic carbocycles. The van der Waals surface area contributed by atoms with Crippen LogP contribution in [-0.2, 0) is 9.53 Å². The van der Waals surface area contributed by atoms with E-state index in [9.17, 15) is 9.59 Å². The zero-order valence-corrected chi connectivity index (χ0v) is 14.3. The molecule has 0 aliphatic rings. The number of rotatable bonds is 6. The molecule has 0 aliphatic heterocycles. The number of amides is 1. The third kappa shape index (κ3) is 3.82. The number of esters is 1. The molecule has 23 heavy (non-hydrogen) atoms. The highest BCUT2D eigenvalue weighted by molar-refractivity contribution is 6.30. The molecule has 0 radical (unpaired) electrons. The Morgan fingerprint density at radius 3 is 2.74 bits per heavy atom. The van der Waals surface area contributed by atoms with Gasteiger partial charge in [0.05, 0.1) is 23.7 Å². The van der Waals surface area contributed by atoms with Gasteiger partial charge in [0, 0.05) is 19.3 Å². The Bertz CT molecular complexity index is 727. The molecule has 2 heterocycles. The summed E-state index contributed by atoms with van der Waals surface area (Å²) in [7, 11) is 0. The Balaban J connectivity index is 2.25. The minimum Gasteiger partial charge on any atom is -0.466 e. The first-order valence-corrected chi connectivity index (χ1v) is 7.94. The number of aryl methyl sites for hydroxylation is 1. The second-order valence-corrected chi connectivity index (χ2v) is 5.50. The molecular weight excluding hydrogens is 318 g/mol. The van der Waals surface area contributed by atoms with Gasteiger partial charge < -0.3 is 9.64 Å². The molecule has 0 saturated carbocycles. The number of carbonyl (C=O) groups excluding carboxylic acids is 2. The van der Waals surface area contributed by atoms with E-state index in [1.54, 1.807) is 41.5 Å². The van der Waals surface area contributed by atoms with Crippen LogP contribution in [0, 0.1) is 6.92 Å². The Kier molecular flexibility index (Phi) is 5.60. The lowest BCUT2D eigenvalue weighted by atomic mass is 10.2. The quantitative estimate of drug-likeness (QED) is 0.760. The summed E-state index contributed by atoms with van der Waals surface area (Å²) in [4.78, 5) is 30.3. The van der Waals surface area contributed by atoms with Crippen LogP contribution >= 0.6 is 11.6 Å². The summed E-state index contributed by atoms with van der Waals surface area (Å²) in [6.45, 7) is 6.55. The molecular formula is C16H20ClN3O3. The first-order valence-electron chi connectivity index (χ1n) is 7.57. The fourth-order valence-electron chi connectivity index (χ4n) is 2.41. The summed E-state index contributed by atoms with van der Waals surface area (Å²) in [5.74, 6) is -0.485. The number of fused-ring (bicyclic) bond motifs is 1. The van der Waals surface area contributed by atoms with Crippen molar-refractivity contribution in [3.8, 4) is 0 Å². The summed E-state index contributed by atoms with van der Waals surface area (Å²) in [5, 5.41) is 0.526. The Morgan fingerprint density at radius 1 is 1.35 bits per heavy atom. The van der Waals surface area contributed by atoms with Crippen LogP contribution in [0.25, 0.3) is 5.65 Å². The molecule has 0 N–H and O–H groups in total. The molecule has 0 unspecified atom stereocenters. The largest absolute Gasteiger partial charge is 0.466 e. The molecule has 2 aromatic heterocycles. The molecule has 2 rings (SSSR count). The molecule has 0 fully saturated rings. The Morgan fingerprint density at radius 2 is 2.09 bits per heavy atom. The zero-order chi connectivity index (χ0) is 17.0. The fraction of sp³-hybridized carbons (Fsp3) is 0.438. The zero-order valence-electron chi connectivity index (χ0n) is 13.5. The van der Waals surface area contributed by atoms with Gasteiger partial charge in [-0.15, -0.1) is 0 Å². The number of nitrogens with zero attached hydrogens (tertiary/aromatic N) is 3. The first kappa shape index (κ1) is 17.3. The number of carbonyl (C=O) groups is 2. The van der Waals surface area contributed by atoms with Crippen LogP contribution in [-0.4, -0.2) is 45.9 Å². The standard InChI is InChI=1S/C16H20ClN3O3/c1-4-19(9-8-14(21)23-5-2)16(22)15-11(3)18-13-7-6-12(17)10-20(13)15/h6-7,10H,4-5,8-9H2,1-3H3. The summed E-state index contributed by atoms with van der Waals surface area (Å²) in [6, 6.07) is 3.50. The van der Waals surface area contributed by atoms with Crippen molar-refractivity contribution < 1.29 is 14.3 Å². The number of hydrogen-bond acceptors (Lipinski definition) is 4. The monoisotopic (exact) mass is 337 g/mol. The van der Waals surface area contributed by atoms with Gasteiger partial charge in [0.15, 0.2) is 0 Å². The van der Waals surface area contributed by atoms with Crippen LogP contribution in [0.3, 0.4) is 0 Å². The van der Waals surface area contributed by atoms with Crippen molar-refractivity contribution >= 4 is 29.1 Å². The topological polar surface area (TPSA) is 63.9 Å². The van der Waals surface area contributed by atoms with E-state index in [4.69, 9.17) is 16.3 Å². The second-order valence-electron chi connectivity index (χ2n) is 5.06. The van der Waals surface area contributed by atoms with Crippen molar-refractivity contribution in [1.29, 1.82) is 0 Å². The highest BCUT2D eigenvalue weighted by Gasteiger charge is 2.22. The van der Waals surface area contributed by atoms with E-state index in [0.29, 0.717) is 41.8 Å². The van der Waals surface area contributed by atoms with Crippen molar-refractivity contribution in [3.63, 3.8) is 0 Å². The number of hydrogen-bond donors (Lipinski definition) is 0. The third-order valence-electron chi connectivity index (χ3n) is 3.52. The smallest absolute Gasteiger partial charge is 0.307 e. The van der Waals surface area contributed by atoms with Crippen molar-refractivity contribution in [1.82, 2.24) is 14.3 Å². The fourth-order valence-corrected chi connectivity index (χ4v) is 2.57.